The van der Waals surface area contributed by atoms with Crippen LogP contribution in [0, 0.1) is 0 Å². The predicted molar refractivity (Wildman–Crippen MR) is 70.8 cm³/mol. The maximum Gasteiger partial charge on any atom is 0.303 e. The average molecular weight is 264 g/mol. The normalized spacial score (nSPS) is 9.72. The first-order valence-corrected chi connectivity index (χ1v) is 6.58. The lowest BCUT2D eigenvalue weighted by molar-refractivity contribution is -0.137. The van der Waals surface area contributed by atoms with Gasteiger partial charge in [0, 0.05) is 13.5 Å². The molecule has 2 N–H and O–H groups in total. The number of carboxylic acid groups (broad SMARTS) is 1. The maximum atomic E-state index is 10.0. The smallest absolute Gasteiger partial charge is 0.303 e. The molecule has 0 aromatic carbocycles. The summed E-state index contributed by atoms with van der Waals surface area (Å²) in [6.45, 7) is 3.81. The predicted octanol–water partition coefficient (Wildman–Crippen LogP) is 2.07. The molecule has 0 aliphatic carbocycles. The van der Waals surface area contributed by atoms with Crippen LogP contribution in [-0.4, -0.2) is 49.7 Å². The number of carbonyl (C=O) groups is 1. The largest absolute Gasteiger partial charge is 0.481 e. The van der Waals surface area contributed by atoms with Gasteiger partial charge in [0.25, 0.3) is 0 Å². The van der Waals surface area contributed by atoms with Gasteiger partial charge in [-0.05, 0) is 6.42 Å². The molecule has 5 nitrogen and oxygen atoms in total. The van der Waals surface area contributed by atoms with Crippen molar-refractivity contribution in [3.8, 4) is 0 Å². The van der Waals surface area contributed by atoms with Crippen molar-refractivity contribution in [1.29, 1.82) is 0 Å². The molecule has 5 heteroatoms. The van der Waals surface area contributed by atoms with E-state index in [2.05, 4.69) is 11.7 Å². The number of hydrogen-bond acceptors (Lipinski definition) is 4. The van der Waals surface area contributed by atoms with Crippen LogP contribution in [0.1, 0.15) is 45.4 Å². The molecule has 0 saturated carbocycles. The molecule has 0 aliphatic heterocycles. The van der Waals surface area contributed by atoms with Crippen molar-refractivity contribution in [1.82, 2.24) is 0 Å². The second kappa shape index (κ2) is 18.7. The zero-order valence-electron chi connectivity index (χ0n) is 11.7. The Kier molecular flexibility index (Phi) is 20.5. The van der Waals surface area contributed by atoms with Crippen LogP contribution in [0.15, 0.2) is 0 Å². The minimum Gasteiger partial charge on any atom is -0.481 e. The van der Waals surface area contributed by atoms with Crippen LogP contribution in [0.2, 0.25) is 0 Å². The van der Waals surface area contributed by atoms with Crippen LogP contribution < -0.4 is 0 Å². The third kappa shape index (κ3) is 24.5. The number of methoxy groups -OCH3 is 1. The monoisotopic (exact) mass is 264 g/mol. The Morgan fingerprint density at radius 3 is 2.22 bits per heavy atom. The van der Waals surface area contributed by atoms with E-state index in [0.717, 1.165) is 12.8 Å². The van der Waals surface area contributed by atoms with Crippen LogP contribution >= 0.6 is 0 Å². The van der Waals surface area contributed by atoms with Gasteiger partial charge >= 0.3 is 5.97 Å². The summed E-state index contributed by atoms with van der Waals surface area (Å²) in [6, 6.07) is 0. The molecule has 0 rings (SSSR count). The van der Waals surface area contributed by atoms with Gasteiger partial charge in [0.2, 0.25) is 0 Å². The van der Waals surface area contributed by atoms with Crippen molar-refractivity contribution in [3.05, 3.63) is 0 Å². The molecule has 0 amide bonds. The van der Waals surface area contributed by atoms with E-state index in [-0.39, 0.29) is 6.61 Å². The number of aliphatic hydroxyl groups is 1. The van der Waals surface area contributed by atoms with Crippen LogP contribution in [0.3, 0.4) is 0 Å². The van der Waals surface area contributed by atoms with Crippen molar-refractivity contribution >= 4 is 5.97 Å². The molecule has 0 aromatic rings. The first-order chi connectivity index (χ1) is 8.68. The number of aliphatic carboxylic acids is 1. The SMILES string of the molecule is CCCCCCCC(=O)O.COCCOCCO. The third-order valence-corrected chi connectivity index (χ3v) is 2.16. The van der Waals surface area contributed by atoms with Gasteiger partial charge in [-0.15, -0.1) is 0 Å². The first kappa shape index (κ1) is 19.7. The van der Waals surface area contributed by atoms with Crippen molar-refractivity contribution in [3.63, 3.8) is 0 Å². The molecule has 0 aromatic heterocycles. The van der Waals surface area contributed by atoms with E-state index in [1.54, 1.807) is 7.11 Å². The molecule has 0 radical (unpaired) electrons. The van der Waals surface area contributed by atoms with Gasteiger partial charge in [0.05, 0.1) is 26.4 Å². The lowest BCUT2D eigenvalue weighted by Gasteiger charge is -1.98. The van der Waals surface area contributed by atoms with Gasteiger partial charge in [0.1, 0.15) is 0 Å². The molecule has 0 bridgehead atoms. The minimum absolute atomic E-state index is 0.0870. The number of rotatable bonds is 11. The molecule has 0 aliphatic rings. The zero-order chi connectivity index (χ0) is 14.1. The highest BCUT2D eigenvalue weighted by atomic mass is 16.5. The lowest BCUT2D eigenvalue weighted by Crippen LogP contribution is -2.05. The summed E-state index contributed by atoms with van der Waals surface area (Å²) >= 11 is 0. The van der Waals surface area contributed by atoms with Gasteiger partial charge in [0.15, 0.2) is 0 Å². The van der Waals surface area contributed by atoms with Crippen molar-refractivity contribution in [2.75, 3.05) is 33.5 Å². The summed E-state index contributed by atoms with van der Waals surface area (Å²) in [4.78, 5) is 10.0. The number of ether oxygens (including phenoxy) is 2. The van der Waals surface area contributed by atoms with E-state index >= 15 is 0 Å². The Morgan fingerprint density at radius 2 is 1.72 bits per heavy atom. The molecular formula is C13H28O5. The fourth-order valence-corrected chi connectivity index (χ4v) is 1.19. The van der Waals surface area contributed by atoms with Crippen LogP contribution in [-0.2, 0) is 14.3 Å². The van der Waals surface area contributed by atoms with E-state index < -0.39 is 5.97 Å². The molecule has 18 heavy (non-hydrogen) atoms. The minimum atomic E-state index is -0.670. The summed E-state index contributed by atoms with van der Waals surface area (Å²) in [5, 5.41) is 16.5. The van der Waals surface area contributed by atoms with Gasteiger partial charge < -0.3 is 19.7 Å². The lowest BCUT2D eigenvalue weighted by atomic mass is 10.1. The standard InChI is InChI=1S/C8H16O2.C5H12O3/c1-2-3-4-5-6-7-8(9)10;1-7-4-5-8-3-2-6/h2-7H2,1H3,(H,9,10);6H,2-5H2,1H3. The molecule has 0 atom stereocenters. The second-order valence-corrected chi connectivity index (χ2v) is 3.89. The molecule has 110 valence electrons. The number of unbranched alkanes of at least 4 members (excludes halogenated alkanes) is 4. The Morgan fingerprint density at radius 1 is 1.06 bits per heavy atom. The molecule has 0 unspecified atom stereocenters. The topological polar surface area (TPSA) is 76.0 Å². The van der Waals surface area contributed by atoms with Gasteiger partial charge in [-0.25, -0.2) is 0 Å². The summed E-state index contributed by atoms with van der Waals surface area (Å²) in [7, 11) is 1.61. The van der Waals surface area contributed by atoms with Crippen LogP contribution in [0.25, 0.3) is 0 Å². The highest BCUT2D eigenvalue weighted by Crippen LogP contribution is 2.04. The summed E-state index contributed by atoms with van der Waals surface area (Å²) in [5.41, 5.74) is 0. The van der Waals surface area contributed by atoms with Crippen molar-refractivity contribution < 1.29 is 24.5 Å². The van der Waals surface area contributed by atoms with Gasteiger partial charge in [-0.3, -0.25) is 4.79 Å². The van der Waals surface area contributed by atoms with E-state index in [1.165, 1.54) is 19.3 Å². The Hall–Kier alpha value is -0.650. The van der Waals surface area contributed by atoms with Gasteiger partial charge in [-0.1, -0.05) is 32.6 Å². The number of aliphatic hydroxyl groups excluding tert-OH is 1. The van der Waals surface area contributed by atoms with E-state index in [9.17, 15) is 4.79 Å². The molecular weight excluding hydrogens is 236 g/mol. The fraction of sp³-hybridized carbons (Fsp3) is 0.923. The second-order valence-electron chi connectivity index (χ2n) is 3.89. The number of hydrogen-bond donors (Lipinski definition) is 2. The molecule has 0 spiro atoms. The first-order valence-electron chi connectivity index (χ1n) is 6.58. The molecule has 0 fully saturated rings. The van der Waals surface area contributed by atoms with Crippen LogP contribution in [0.5, 0.6) is 0 Å². The summed E-state index contributed by atoms with van der Waals surface area (Å²) in [6.07, 6.45) is 5.88. The van der Waals surface area contributed by atoms with E-state index in [0.29, 0.717) is 26.2 Å². The highest BCUT2D eigenvalue weighted by molar-refractivity contribution is 5.66. The third-order valence-electron chi connectivity index (χ3n) is 2.16. The number of carboxylic acids is 1. The van der Waals surface area contributed by atoms with Crippen LogP contribution in [0.4, 0.5) is 0 Å². The molecule has 0 heterocycles. The van der Waals surface area contributed by atoms with Crippen molar-refractivity contribution in [2.45, 2.75) is 45.4 Å². The summed E-state index contributed by atoms with van der Waals surface area (Å²) < 4.78 is 9.53. The maximum absolute atomic E-state index is 10.0. The average Bonchev–Trinajstić information content (AvgIpc) is 2.35. The highest BCUT2D eigenvalue weighted by Gasteiger charge is 1.94. The molecule has 0 saturated heterocycles. The van der Waals surface area contributed by atoms with Crippen molar-refractivity contribution in [2.24, 2.45) is 0 Å². The fourth-order valence-electron chi connectivity index (χ4n) is 1.19. The summed E-state index contributed by atoms with van der Waals surface area (Å²) in [5.74, 6) is -0.670. The Bertz CT molecular complexity index is 155. The van der Waals surface area contributed by atoms with Gasteiger partial charge in [-0.2, -0.15) is 0 Å². The Labute approximate surface area is 110 Å². The van der Waals surface area contributed by atoms with E-state index in [1.807, 2.05) is 0 Å². The quantitative estimate of drug-likeness (QED) is 0.559. The zero-order valence-corrected chi connectivity index (χ0v) is 11.7. The van der Waals surface area contributed by atoms with E-state index in [4.69, 9.17) is 14.9 Å². The Balaban J connectivity index is 0.